The van der Waals surface area contributed by atoms with Gasteiger partial charge in [-0.25, -0.2) is 0 Å². The molecule has 90 valence electrons. The molecule has 0 heterocycles. The summed E-state index contributed by atoms with van der Waals surface area (Å²) in [5, 5.41) is 0. The Morgan fingerprint density at radius 3 is 2.44 bits per heavy atom. The summed E-state index contributed by atoms with van der Waals surface area (Å²) in [6.45, 7) is 6.58. The van der Waals surface area contributed by atoms with E-state index in [1.54, 1.807) is 0 Å². The zero-order valence-corrected chi connectivity index (χ0v) is 11.2. The summed E-state index contributed by atoms with van der Waals surface area (Å²) in [5.41, 5.74) is 9.72. The van der Waals surface area contributed by atoms with Gasteiger partial charge in [0.15, 0.2) is 0 Å². The molecule has 0 bridgehead atoms. The van der Waals surface area contributed by atoms with Crippen LogP contribution in [0.25, 0.3) is 17.2 Å². The number of allylic oxidation sites excluding steroid dienone is 1. The van der Waals surface area contributed by atoms with Gasteiger partial charge < -0.3 is 0 Å². The van der Waals surface area contributed by atoms with Crippen molar-refractivity contribution < 1.29 is 0 Å². The fraction of sp³-hybridized carbons (Fsp3) is 0.222. The van der Waals surface area contributed by atoms with Crippen LogP contribution in [0.15, 0.2) is 36.4 Å². The highest BCUT2D eigenvalue weighted by atomic mass is 14.2. The van der Waals surface area contributed by atoms with Crippen molar-refractivity contribution in [1.82, 2.24) is 0 Å². The van der Waals surface area contributed by atoms with Gasteiger partial charge in [0.25, 0.3) is 0 Å². The number of rotatable bonds is 1. The van der Waals surface area contributed by atoms with E-state index in [4.69, 9.17) is 0 Å². The molecule has 0 saturated heterocycles. The average Bonchev–Trinajstić information content (AvgIpc) is 2.82. The van der Waals surface area contributed by atoms with Crippen molar-refractivity contribution in [1.29, 1.82) is 0 Å². The van der Waals surface area contributed by atoms with Crippen LogP contribution in [-0.4, -0.2) is 0 Å². The summed E-state index contributed by atoms with van der Waals surface area (Å²) >= 11 is 0. The molecule has 3 rings (SSSR count). The summed E-state index contributed by atoms with van der Waals surface area (Å²) in [6, 6.07) is 11.3. The molecule has 2 aromatic carbocycles. The van der Waals surface area contributed by atoms with Crippen LogP contribution in [0.5, 0.6) is 0 Å². The Bertz CT molecular complexity index is 645. The minimum atomic E-state index is 1.08. The van der Waals surface area contributed by atoms with Crippen LogP contribution in [0.3, 0.4) is 0 Å². The monoisotopic (exact) mass is 234 g/mol. The van der Waals surface area contributed by atoms with Gasteiger partial charge in [0.05, 0.1) is 0 Å². The van der Waals surface area contributed by atoms with Gasteiger partial charge in [0, 0.05) is 0 Å². The van der Waals surface area contributed by atoms with Crippen molar-refractivity contribution in [2.75, 3.05) is 0 Å². The van der Waals surface area contributed by atoms with Crippen molar-refractivity contribution in [3.8, 4) is 11.1 Å². The van der Waals surface area contributed by atoms with E-state index >= 15 is 0 Å². The molecule has 18 heavy (non-hydrogen) atoms. The molecule has 2 aromatic rings. The minimum absolute atomic E-state index is 1.08. The molecule has 0 atom stereocenters. The topological polar surface area (TPSA) is 0 Å². The maximum atomic E-state index is 2.33. The van der Waals surface area contributed by atoms with Crippen molar-refractivity contribution >= 4 is 6.08 Å². The molecule has 0 N–H and O–H groups in total. The van der Waals surface area contributed by atoms with Crippen molar-refractivity contribution in [2.45, 2.75) is 27.2 Å². The van der Waals surface area contributed by atoms with Crippen LogP contribution in [0.4, 0.5) is 0 Å². The number of hydrogen-bond donors (Lipinski definition) is 0. The predicted molar refractivity (Wildman–Crippen MR) is 78.8 cm³/mol. The molecule has 1 aliphatic rings. The van der Waals surface area contributed by atoms with Gasteiger partial charge in [0.2, 0.25) is 0 Å². The van der Waals surface area contributed by atoms with Crippen LogP contribution in [0.1, 0.15) is 27.8 Å². The molecule has 0 aliphatic heterocycles. The third kappa shape index (κ3) is 1.69. The number of aryl methyl sites for hydroxylation is 3. The zero-order chi connectivity index (χ0) is 12.7. The largest absolute Gasteiger partial charge is 0.0795 e. The summed E-state index contributed by atoms with van der Waals surface area (Å²) < 4.78 is 0. The van der Waals surface area contributed by atoms with E-state index in [9.17, 15) is 0 Å². The van der Waals surface area contributed by atoms with Gasteiger partial charge in [-0.2, -0.15) is 0 Å². The van der Waals surface area contributed by atoms with Gasteiger partial charge in [-0.3, -0.25) is 0 Å². The molecule has 0 heteroatoms. The summed E-state index contributed by atoms with van der Waals surface area (Å²) in [4.78, 5) is 0. The normalized spacial score (nSPS) is 12.8. The fourth-order valence-electron chi connectivity index (χ4n) is 2.78. The molecule has 0 aromatic heterocycles. The molecule has 1 aliphatic carbocycles. The highest BCUT2D eigenvalue weighted by Crippen LogP contribution is 2.34. The first-order valence-corrected chi connectivity index (χ1v) is 6.53. The maximum absolute atomic E-state index is 2.33. The third-order valence-corrected chi connectivity index (χ3v) is 3.95. The van der Waals surface area contributed by atoms with Crippen molar-refractivity contribution in [3.05, 3.63) is 64.2 Å². The van der Waals surface area contributed by atoms with Crippen LogP contribution in [-0.2, 0) is 6.42 Å². The van der Waals surface area contributed by atoms with E-state index in [1.165, 1.54) is 38.9 Å². The lowest BCUT2D eigenvalue weighted by atomic mass is 9.91. The van der Waals surface area contributed by atoms with Gasteiger partial charge in [0.1, 0.15) is 0 Å². The van der Waals surface area contributed by atoms with Gasteiger partial charge in [-0.1, -0.05) is 42.5 Å². The molecule has 0 radical (unpaired) electrons. The summed E-state index contributed by atoms with van der Waals surface area (Å²) in [7, 11) is 0. The molecule has 0 unspecified atom stereocenters. The second-order valence-corrected chi connectivity index (χ2v) is 5.24. The van der Waals surface area contributed by atoms with Gasteiger partial charge in [-0.05, 0) is 66.1 Å². The van der Waals surface area contributed by atoms with Crippen LogP contribution in [0, 0.1) is 20.8 Å². The first kappa shape index (κ1) is 11.3. The maximum Gasteiger partial charge on any atom is -0.00879 e. The quantitative estimate of drug-likeness (QED) is 0.661. The van der Waals surface area contributed by atoms with E-state index in [2.05, 4.69) is 63.3 Å². The Hall–Kier alpha value is -1.82. The highest BCUT2D eigenvalue weighted by molar-refractivity contribution is 5.81. The lowest BCUT2D eigenvalue weighted by Gasteiger charge is -2.13. The Kier molecular flexibility index (Phi) is 2.59. The van der Waals surface area contributed by atoms with Gasteiger partial charge >= 0.3 is 0 Å². The molecule has 0 fully saturated rings. The van der Waals surface area contributed by atoms with Gasteiger partial charge in [-0.15, -0.1) is 0 Å². The van der Waals surface area contributed by atoms with Crippen molar-refractivity contribution in [3.63, 3.8) is 0 Å². The minimum Gasteiger partial charge on any atom is -0.0795 e. The molecular weight excluding hydrogens is 216 g/mol. The Labute approximate surface area is 109 Å². The molecule has 0 nitrogen and oxygen atoms in total. The molecule has 0 saturated carbocycles. The average molecular weight is 234 g/mol. The number of benzene rings is 2. The second kappa shape index (κ2) is 4.13. The lowest BCUT2D eigenvalue weighted by molar-refractivity contribution is 1.28. The second-order valence-electron chi connectivity index (χ2n) is 5.24. The smallest absolute Gasteiger partial charge is 0.00879 e. The third-order valence-electron chi connectivity index (χ3n) is 3.95. The lowest BCUT2D eigenvalue weighted by Crippen LogP contribution is -1.92. The van der Waals surface area contributed by atoms with Crippen LogP contribution < -0.4 is 0 Å². The SMILES string of the molecule is Cc1cc(C)c(-c2cccc3c2C=CC3)cc1C. The Morgan fingerprint density at radius 2 is 1.61 bits per heavy atom. The van der Waals surface area contributed by atoms with E-state index < -0.39 is 0 Å². The first-order valence-electron chi connectivity index (χ1n) is 6.53. The van der Waals surface area contributed by atoms with Crippen molar-refractivity contribution in [2.24, 2.45) is 0 Å². The zero-order valence-electron chi connectivity index (χ0n) is 11.2. The molecular formula is C18H18. The van der Waals surface area contributed by atoms with E-state index in [0.29, 0.717) is 0 Å². The van der Waals surface area contributed by atoms with Crippen LogP contribution in [0.2, 0.25) is 0 Å². The Morgan fingerprint density at radius 1 is 0.833 bits per heavy atom. The van der Waals surface area contributed by atoms with E-state index in [-0.39, 0.29) is 0 Å². The van der Waals surface area contributed by atoms with E-state index in [0.717, 1.165) is 6.42 Å². The summed E-state index contributed by atoms with van der Waals surface area (Å²) in [5.74, 6) is 0. The highest BCUT2D eigenvalue weighted by Gasteiger charge is 2.13. The first-order chi connectivity index (χ1) is 8.66. The number of hydrogen-bond acceptors (Lipinski definition) is 0. The fourth-order valence-corrected chi connectivity index (χ4v) is 2.78. The molecule has 0 spiro atoms. The van der Waals surface area contributed by atoms with E-state index in [1.807, 2.05) is 0 Å². The predicted octanol–water partition coefficient (Wildman–Crippen LogP) is 4.85. The Balaban J connectivity index is 2.25. The van der Waals surface area contributed by atoms with Crippen LogP contribution >= 0.6 is 0 Å². The number of fused-ring (bicyclic) bond motifs is 1. The standard InChI is InChI=1S/C18H18/c1-12-10-14(3)18(11-13(12)2)17-9-5-7-15-6-4-8-16(15)17/h4-5,7-11H,6H2,1-3H3. The molecule has 0 amide bonds. The summed E-state index contributed by atoms with van der Waals surface area (Å²) in [6.07, 6.45) is 5.59.